The molecule has 28 heavy (non-hydrogen) atoms. The molecule has 0 aliphatic carbocycles. The molecule has 8 heteroatoms. The average Bonchev–Trinajstić information content (AvgIpc) is 2.66. The summed E-state index contributed by atoms with van der Waals surface area (Å²) in [6, 6.07) is 12.0. The molecule has 0 heterocycles. The van der Waals surface area contributed by atoms with Crippen molar-refractivity contribution in [2.24, 2.45) is 0 Å². The summed E-state index contributed by atoms with van der Waals surface area (Å²) in [4.78, 5) is 14.0. The Hall–Kier alpha value is -2.74. The van der Waals surface area contributed by atoms with Crippen molar-refractivity contribution in [3.63, 3.8) is 0 Å². The fourth-order valence-corrected chi connectivity index (χ4v) is 2.74. The molecule has 2 rings (SSSR count). The molecule has 0 saturated heterocycles. The monoisotopic (exact) mass is 396 g/mol. The predicted octanol–water partition coefficient (Wildman–Crippen LogP) is 3.51. The second-order valence-corrected chi connectivity index (χ2v) is 6.31. The first-order valence-corrected chi connectivity index (χ1v) is 8.59. The second-order valence-electron chi connectivity index (χ2n) is 6.31. The van der Waals surface area contributed by atoms with Gasteiger partial charge in [-0.15, -0.1) is 0 Å². The zero-order chi connectivity index (χ0) is 20.7. The third-order valence-corrected chi connectivity index (χ3v) is 4.17. The number of benzene rings is 2. The van der Waals surface area contributed by atoms with Crippen molar-refractivity contribution in [2.75, 3.05) is 34.4 Å². The standard InChI is InChI=1S/C20H23F3N2O3/c1-25(2)16(14-8-4-6-10-17(14)27-3)12-24-19(26)13-28-18-11-7-5-9-15(18)20(21,22)23/h4-11,16H,12-13H2,1-3H3,(H,24,26). The number of carbonyl (C=O) groups is 1. The Balaban J connectivity index is 2.00. The van der Waals surface area contributed by atoms with Crippen LogP contribution < -0.4 is 14.8 Å². The Labute approximate surface area is 162 Å². The number of methoxy groups -OCH3 is 1. The van der Waals surface area contributed by atoms with Crippen LogP contribution in [0.4, 0.5) is 13.2 Å². The fraction of sp³-hybridized carbons (Fsp3) is 0.350. The lowest BCUT2D eigenvalue weighted by Crippen LogP contribution is -2.37. The Kier molecular flexibility index (Phi) is 7.28. The van der Waals surface area contributed by atoms with E-state index in [0.29, 0.717) is 5.75 Å². The quantitative estimate of drug-likeness (QED) is 0.742. The number of amides is 1. The van der Waals surface area contributed by atoms with Crippen LogP contribution in [0.2, 0.25) is 0 Å². The summed E-state index contributed by atoms with van der Waals surface area (Å²) in [5.74, 6) is -0.205. The maximum absolute atomic E-state index is 13.0. The van der Waals surface area contributed by atoms with E-state index in [4.69, 9.17) is 9.47 Å². The van der Waals surface area contributed by atoms with Crippen LogP contribution >= 0.6 is 0 Å². The number of nitrogens with zero attached hydrogens (tertiary/aromatic N) is 1. The van der Waals surface area contributed by atoms with Crippen LogP contribution in [-0.2, 0) is 11.0 Å². The van der Waals surface area contributed by atoms with Crippen LogP contribution in [0.1, 0.15) is 17.2 Å². The van der Waals surface area contributed by atoms with E-state index in [1.165, 1.54) is 18.2 Å². The van der Waals surface area contributed by atoms with E-state index in [9.17, 15) is 18.0 Å². The van der Waals surface area contributed by atoms with Crippen molar-refractivity contribution in [3.05, 3.63) is 59.7 Å². The van der Waals surface area contributed by atoms with Gasteiger partial charge in [-0.3, -0.25) is 4.79 Å². The van der Waals surface area contributed by atoms with Gasteiger partial charge in [-0.05, 0) is 32.3 Å². The third-order valence-electron chi connectivity index (χ3n) is 4.17. The minimum Gasteiger partial charge on any atom is -0.496 e. The number of para-hydroxylation sites is 2. The molecule has 1 unspecified atom stereocenters. The summed E-state index contributed by atoms with van der Waals surface area (Å²) >= 11 is 0. The highest BCUT2D eigenvalue weighted by molar-refractivity contribution is 5.77. The van der Waals surface area contributed by atoms with E-state index >= 15 is 0 Å². The predicted molar refractivity (Wildman–Crippen MR) is 99.4 cm³/mol. The number of likely N-dealkylation sites (N-methyl/N-ethyl adjacent to an activating group) is 1. The summed E-state index contributed by atoms with van der Waals surface area (Å²) in [5.41, 5.74) is -0.0263. The molecule has 0 spiro atoms. The second kappa shape index (κ2) is 9.45. The highest BCUT2D eigenvalue weighted by Crippen LogP contribution is 2.35. The van der Waals surface area contributed by atoms with Crippen LogP contribution in [0.15, 0.2) is 48.5 Å². The van der Waals surface area contributed by atoms with Gasteiger partial charge in [0.05, 0.1) is 18.7 Å². The molecule has 152 valence electrons. The van der Waals surface area contributed by atoms with E-state index in [2.05, 4.69) is 5.32 Å². The lowest BCUT2D eigenvalue weighted by Gasteiger charge is -2.26. The van der Waals surface area contributed by atoms with Gasteiger partial charge in [-0.1, -0.05) is 30.3 Å². The average molecular weight is 396 g/mol. The number of nitrogens with one attached hydrogen (secondary N) is 1. The van der Waals surface area contributed by atoms with Crippen LogP contribution in [0, 0.1) is 0 Å². The maximum Gasteiger partial charge on any atom is 0.419 e. The zero-order valence-corrected chi connectivity index (χ0v) is 15.9. The minimum atomic E-state index is -4.55. The first-order valence-electron chi connectivity index (χ1n) is 8.59. The van der Waals surface area contributed by atoms with E-state index in [1.807, 2.05) is 43.3 Å². The Morgan fingerprint density at radius 2 is 1.68 bits per heavy atom. The normalized spacial score (nSPS) is 12.5. The minimum absolute atomic E-state index is 0.178. The van der Waals surface area contributed by atoms with Crippen molar-refractivity contribution in [1.29, 1.82) is 0 Å². The molecule has 0 aromatic heterocycles. The van der Waals surface area contributed by atoms with Crippen LogP contribution in [-0.4, -0.2) is 45.2 Å². The number of rotatable bonds is 8. The van der Waals surface area contributed by atoms with Gasteiger partial charge in [-0.25, -0.2) is 0 Å². The molecule has 1 N–H and O–H groups in total. The molecule has 0 radical (unpaired) electrons. The van der Waals surface area contributed by atoms with Crippen LogP contribution in [0.25, 0.3) is 0 Å². The lowest BCUT2D eigenvalue weighted by atomic mass is 10.0. The Morgan fingerprint density at radius 3 is 2.29 bits per heavy atom. The largest absolute Gasteiger partial charge is 0.496 e. The molecule has 0 aliphatic rings. The summed E-state index contributed by atoms with van der Waals surface area (Å²) in [6.07, 6.45) is -4.55. The zero-order valence-electron chi connectivity index (χ0n) is 15.9. The topological polar surface area (TPSA) is 50.8 Å². The molecular weight excluding hydrogens is 373 g/mol. The van der Waals surface area contributed by atoms with E-state index in [1.54, 1.807) is 7.11 Å². The first kappa shape index (κ1) is 21.6. The summed E-state index contributed by atoms with van der Waals surface area (Å²) in [6.45, 7) is -0.268. The maximum atomic E-state index is 13.0. The number of ether oxygens (including phenoxy) is 2. The Bertz CT molecular complexity index is 794. The van der Waals surface area contributed by atoms with E-state index in [-0.39, 0.29) is 18.3 Å². The molecule has 2 aromatic rings. The van der Waals surface area contributed by atoms with Crippen molar-refractivity contribution in [1.82, 2.24) is 10.2 Å². The van der Waals surface area contributed by atoms with Crippen molar-refractivity contribution < 1.29 is 27.4 Å². The molecule has 0 fully saturated rings. The highest BCUT2D eigenvalue weighted by atomic mass is 19.4. The van der Waals surface area contributed by atoms with Gasteiger partial charge in [0, 0.05) is 12.1 Å². The molecule has 0 bridgehead atoms. The van der Waals surface area contributed by atoms with Crippen molar-refractivity contribution in [2.45, 2.75) is 12.2 Å². The van der Waals surface area contributed by atoms with E-state index < -0.39 is 24.3 Å². The number of hydrogen-bond acceptors (Lipinski definition) is 4. The fourth-order valence-electron chi connectivity index (χ4n) is 2.74. The van der Waals surface area contributed by atoms with Gasteiger partial charge in [0.2, 0.25) is 0 Å². The van der Waals surface area contributed by atoms with Gasteiger partial charge >= 0.3 is 6.18 Å². The molecule has 1 atom stereocenters. The van der Waals surface area contributed by atoms with Gasteiger partial charge < -0.3 is 19.7 Å². The smallest absolute Gasteiger partial charge is 0.419 e. The van der Waals surface area contributed by atoms with E-state index in [0.717, 1.165) is 11.6 Å². The lowest BCUT2D eigenvalue weighted by molar-refractivity contribution is -0.139. The van der Waals surface area contributed by atoms with Gasteiger partial charge in [0.15, 0.2) is 6.61 Å². The van der Waals surface area contributed by atoms with Crippen molar-refractivity contribution in [3.8, 4) is 11.5 Å². The Morgan fingerprint density at radius 1 is 1.07 bits per heavy atom. The number of alkyl halides is 3. The molecule has 0 saturated carbocycles. The number of hydrogen-bond donors (Lipinski definition) is 1. The van der Waals surface area contributed by atoms with Crippen LogP contribution in [0.3, 0.4) is 0 Å². The number of halogens is 3. The van der Waals surface area contributed by atoms with Gasteiger partial charge in [-0.2, -0.15) is 13.2 Å². The third kappa shape index (κ3) is 5.63. The SMILES string of the molecule is COc1ccccc1C(CNC(=O)COc1ccccc1C(F)(F)F)N(C)C. The van der Waals surface area contributed by atoms with Crippen LogP contribution in [0.5, 0.6) is 11.5 Å². The molecular formula is C20H23F3N2O3. The highest BCUT2D eigenvalue weighted by Gasteiger charge is 2.34. The summed E-state index contributed by atoms with van der Waals surface area (Å²) < 4.78 is 49.4. The van der Waals surface area contributed by atoms with Gasteiger partial charge in [0.25, 0.3) is 5.91 Å². The molecule has 5 nitrogen and oxygen atoms in total. The number of carbonyl (C=O) groups excluding carboxylic acids is 1. The van der Waals surface area contributed by atoms with Gasteiger partial charge in [0.1, 0.15) is 11.5 Å². The first-order chi connectivity index (χ1) is 13.2. The molecule has 0 aliphatic heterocycles. The summed E-state index contributed by atoms with van der Waals surface area (Å²) in [5, 5.41) is 2.70. The summed E-state index contributed by atoms with van der Waals surface area (Å²) in [7, 11) is 5.29. The molecule has 1 amide bonds. The van der Waals surface area contributed by atoms with Crippen molar-refractivity contribution >= 4 is 5.91 Å². The molecule has 2 aromatic carbocycles.